The van der Waals surface area contributed by atoms with Gasteiger partial charge in [0.25, 0.3) is 5.56 Å². The van der Waals surface area contributed by atoms with Crippen molar-refractivity contribution in [1.82, 2.24) is 9.55 Å². The molecule has 0 atom stereocenters. The van der Waals surface area contributed by atoms with Gasteiger partial charge in [0.15, 0.2) is 0 Å². The lowest BCUT2D eigenvalue weighted by Gasteiger charge is -2.15. The number of para-hydroxylation sites is 1. The minimum atomic E-state index is 0.101. The van der Waals surface area contributed by atoms with Crippen LogP contribution in [-0.2, 0) is 25.9 Å². The first-order chi connectivity index (χ1) is 13.2. The molecule has 1 aromatic carbocycles. The van der Waals surface area contributed by atoms with Crippen molar-refractivity contribution in [2.45, 2.75) is 52.1 Å². The Morgan fingerprint density at radius 2 is 2.07 bits per heavy atom. The number of hydrogen-bond donors (Lipinski definition) is 1. The van der Waals surface area contributed by atoms with Gasteiger partial charge in [-0.3, -0.25) is 9.36 Å². The van der Waals surface area contributed by atoms with Gasteiger partial charge in [0, 0.05) is 23.5 Å². The van der Waals surface area contributed by atoms with Crippen LogP contribution >= 0.6 is 11.3 Å². The lowest BCUT2D eigenvalue weighted by molar-refractivity contribution is 0.410. The first-order valence-corrected chi connectivity index (χ1v) is 10.5. The maximum absolute atomic E-state index is 13.3. The highest BCUT2D eigenvalue weighted by molar-refractivity contribution is 7.18. The van der Waals surface area contributed by atoms with E-state index in [1.165, 1.54) is 23.3 Å². The number of ether oxygens (including phenoxy) is 1. The molecule has 142 valence electrons. The number of rotatable bonds is 6. The lowest BCUT2D eigenvalue weighted by Crippen LogP contribution is -2.25. The molecule has 6 heteroatoms. The summed E-state index contributed by atoms with van der Waals surface area (Å²) >= 11 is 1.70. The minimum absolute atomic E-state index is 0.101. The van der Waals surface area contributed by atoms with E-state index in [2.05, 4.69) is 12.2 Å². The number of thiophene rings is 1. The van der Waals surface area contributed by atoms with Gasteiger partial charge in [-0.2, -0.15) is 0 Å². The van der Waals surface area contributed by atoms with E-state index in [9.17, 15) is 4.79 Å². The largest absolute Gasteiger partial charge is 0.496 e. The first kappa shape index (κ1) is 18.0. The van der Waals surface area contributed by atoms with E-state index in [0.717, 1.165) is 40.8 Å². The zero-order valence-electron chi connectivity index (χ0n) is 15.9. The second-order valence-corrected chi connectivity index (χ2v) is 8.03. The molecule has 1 aliphatic rings. The molecule has 2 aromatic heterocycles. The molecule has 0 amide bonds. The van der Waals surface area contributed by atoms with Crippen LogP contribution in [0.3, 0.4) is 0 Å². The quantitative estimate of drug-likeness (QED) is 0.687. The fourth-order valence-electron chi connectivity index (χ4n) is 3.83. The Hall–Kier alpha value is -2.34. The Morgan fingerprint density at radius 1 is 1.26 bits per heavy atom. The van der Waals surface area contributed by atoms with Gasteiger partial charge >= 0.3 is 0 Å². The van der Waals surface area contributed by atoms with Crippen LogP contribution in [0, 0.1) is 0 Å². The summed E-state index contributed by atoms with van der Waals surface area (Å²) in [5.41, 5.74) is 2.39. The molecule has 0 fully saturated rings. The fraction of sp³-hybridized carbons (Fsp3) is 0.429. The molecule has 1 aliphatic carbocycles. The van der Waals surface area contributed by atoms with Crippen LogP contribution in [-0.4, -0.2) is 16.7 Å². The molecule has 1 N–H and O–H groups in total. The van der Waals surface area contributed by atoms with Crippen molar-refractivity contribution >= 4 is 27.5 Å². The summed E-state index contributed by atoms with van der Waals surface area (Å²) in [6.45, 7) is 3.32. The fourth-order valence-corrected chi connectivity index (χ4v) is 5.08. The second kappa shape index (κ2) is 7.72. The molecule has 0 unspecified atom stereocenters. The van der Waals surface area contributed by atoms with Gasteiger partial charge in [-0.25, -0.2) is 4.98 Å². The Bertz CT molecular complexity index is 1020. The summed E-state index contributed by atoms with van der Waals surface area (Å²) in [4.78, 5) is 20.4. The molecule has 5 nitrogen and oxygen atoms in total. The Labute approximate surface area is 163 Å². The van der Waals surface area contributed by atoms with Crippen LogP contribution in [0.5, 0.6) is 5.75 Å². The number of aryl methyl sites for hydroxylation is 2. The van der Waals surface area contributed by atoms with E-state index in [1.54, 1.807) is 23.0 Å². The summed E-state index contributed by atoms with van der Waals surface area (Å²) in [6, 6.07) is 7.91. The third-order valence-corrected chi connectivity index (χ3v) is 6.34. The summed E-state index contributed by atoms with van der Waals surface area (Å²) < 4.78 is 7.24. The third kappa shape index (κ3) is 3.34. The van der Waals surface area contributed by atoms with Crippen LogP contribution in [0.25, 0.3) is 10.2 Å². The van der Waals surface area contributed by atoms with E-state index < -0.39 is 0 Å². The molecule has 0 aliphatic heterocycles. The van der Waals surface area contributed by atoms with Crippen molar-refractivity contribution in [3.8, 4) is 5.75 Å². The maximum atomic E-state index is 13.3. The highest BCUT2D eigenvalue weighted by Gasteiger charge is 2.22. The number of hydrogen-bond acceptors (Lipinski definition) is 5. The molecule has 0 saturated carbocycles. The van der Waals surface area contributed by atoms with E-state index in [0.29, 0.717) is 19.0 Å². The highest BCUT2D eigenvalue weighted by Crippen LogP contribution is 2.34. The summed E-state index contributed by atoms with van der Waals surface area (Å²) in [5.74, 6) is 1.49. The van der Waals surface area contributed by atoms with Crippen molar-refractivity contribution in [3.05, 3.63) is 50.6 Å². The third-order valence-electron chi connectivity index (χ3n) is 5.15. The summed E-state index contributed by atoms with van der Waals surface area (Å²) in [6.07, 6.45) is 5.35. The molecule has 27 heavy (non-hydrogen) atoms. The number of benzene rings is 1. The van der Waals surface area contributed by atoms with Crippen molar-refractivity contribution in [2.24, 2.45) is 0 Å². The van der Waals surface area contributed by atoms with Crippen molar-refractivity contribution in [2.75, 3.05) is 12.4 Å². The lowest BCUT2D eigenvalue weighted by atomic mass is 9.97. The molecule has 3 aromatic rings. The van der Waals surface area contributed by atoms with E-state index in [4.69, 9.17) is 9.72 Å². The molecule has 0 radical (unpaired) electrons. The topological polar surface area (TPSA) is 56.1 Å². The summed E-state index contributed by atoms with van der Waals surface area (Å²) in [7, 11) is 1.67. The molecule has 4 rings (SSSR count). The molecule has 0 spiro atoms. The van der Waals surface area contributed by atoms with Crippen molar-refractivity contribution in [3.63, 3.8) is 0 Å². The Balaban J connectivity index is 1.75. The average Bonchev–Trinajstić information content (AvgIpc) is 3.07. The van der Waals surface area contributed by atoms with Crippen LogP contribution < -0.4 is 15.6 Å². The number of nitrogens with one attached hydrogen (secondary N) is 1. The number of fused-ring (bicyclic) bond motifs is 3. The van der Waals surface area contributed by atoms with Crippen molar-refractivity contribution in [1.29, 1.82) is 0 Å². The first-order valence-electron chi connectivity index (χ1n) is 9.63. The van der Waals surface area contributed by atoms with Crippen LogP contribution in [0.1, 0.15) is 42.2 Å². The van der Waals surface area contributed by atoms with Gasteiger partial charge in [-0.15, -0.1) is 11.3 Å². The number of anilines is 1. The number of methoxy groups -OCH3 is 1. The van der Waals surface area contributed by atoms with E-state index in [1.807, 2.05) is 24.3 Å². The molecule has 0 saturated heterocycles. The van der Waals surface area contributed by atoms with Gasteiger partial charge in [0.2, 0.25) is 5.95 Å². The minimum Gasteiger partial charge on any atom is -0.496 e. The van der Waals surface area contributed by atoms with Crippen LogP contribution in [0.4, 0.5) is 5.95 Å². The van der Waals surface area contributed by atoms with E-state index >= 15 is 0 Å². The standard InChI is InChI=1S/C21H25N3O2S/c1-3-12-24-20(25)18-15-9-5-7-11-17(15)27-19(18)23-21(24)22-13-14-8-4-6-10-16(14)26-2/h4,6,8,10H,3,5,7,9,11-13H2,1-2H3,(H,22,23). The Morgan fingerprint density at radius 3 is 2.89 bits per heavy atom. The molecular formula is C21H25N3O2S. The average molecular weight is 384 g/mol. The normalized spacial score (nSPS) is 13.6. The zero-order valence-corrected chi connectivity index (χ0v) is 16.7. The molecule has 2 heterocycles. The monoisotopic (exact) mass is 383 g/mol. The van der Waals surface area contributed by atoms with Gasteiger partial charge < -0.3 is 10.1 Å². The zero-order chi connectivity index (χ0) is 18.8. The Kier molecular flexibility index (Phi) is 5.16. The van der Waals surface area contributed by atoms with Crippen molar-refractivity contribution < 1.29 is 4.74 Å². The predicted molar refractivity (Wildman–Crippen MR) is 111 cm³/mol. The maximum Gasteiger partial charge on any atom is 0.263 e. The molecule has 0 bridgehead atoms. The van der Waals surface area contributed by atoms with Gasteiger partial charge in [0.05, 0.1) is 12.5 Å². The SMILES string of the molecule is CCCn1c(NCc2ccccc2OC)nc2sc3c(c2c1=O)CCCC3. The summed E-state index contributed by atoms with van der Waals surface area (Å²) in [5, 5.41) is 4.23. The molecular weight excluding hydrogens is 358 g/mol. The predicted octanol–water partition coefficient (Wildman–Crippen LogP) is 4.37. The smallest absolute Gasteiger partial charge is 0.263 e. The van der Waals surface area contributed by atoms with E-state index in [-0.39, 0.29) is 5.56 Å². The van der Waals surface area contributed by atoms with Crippen LogP contribution in [0.15, 0.2) is 29.1 Å². The van der Waals surface area contributed by atoms with Gasteiger partial charge in [-0.05, 0) is 43.7 Å². The van der Waals surface area contributed by atoms with Crippen LogP contribution in [0.2, 0.25) is 0 Å². The number of nitrogens with zero attached hydrogens (tertiary/aromatic N) is 2. The van der Waals surface area contributed by atoms with Gasteiger partial charge in [-0.1, -0.05) is 25.1 Å². The second-order valence-electron chi connectivity index (χ2n) is 6.95. The highest BCUT2D eigenvalue weighted by atomic mass is 32.1. The number of aromatic nitrogens is 2. The van der Waals surface area contributed by atoms with Gasteiger partial charge in [0.1, 0.15) is 10.6 Å².